The number of aromatic nitrogens is 5. The monoisotopic (exact) mass is 417 g/mol. The molecule has 3 aromatic rings. The molecule has 1 saturated heterocycles. The zero-order valence-corrected chi connectivity index (χ0v) is 18.1. The molecular formula is C23H27N7O. The van der Waals surface area contributed by atoms with Gasteiger partial charge in [0.1, 0.15) is 0 Å². The average Bonchev–Trinajstić information content (AvgIpc) is 3.17. The molecule has 1 atom stereocenters. The van der Waals surface area contributed by atoms with Crippen molar-refractivity contribution in [1.82, 2.24) is 29.6 Å². The second-order valence-corrected chi connectivity index (χ2v) is 7.98. The maximum Gasteiger partial charge on any atom is 0.246 e. The smallest absolute Gasteiger partial charge is 0.246 e. The second kappa shape index (κ2) is 9.07. The molecule has 4 rings (SSSR count). The van der Waals surface area contributed by atoms with Gasteiger partial charge in [-0.05, 0) is 51.0 Å². The molecule has 1 aliphatic rings. The normalized spacial score (nSPS) is 16.6. The third kappa shape index (κ3) is 5.33. The van der Waals surface area contributed by atoms with Gasteiger partial charge in [-0.1, -0.05) is 0 Å². The summed E-state index contributed by atoms with van der Waals surface area (Å²) in [6, 6.07) is 5.95. The Balaban J connectivity index is 1.38. The largest absolute Gasteiger partial charge is 0.338 e. The van der Waals surface area contributed by atoms with Crippen molar-refractivity contribution in [3.05, 3.63) is 65.5 Å². The lowest BCUT2D eigenvalue weighted by atomic mass is 9.94. The van der Waals surface area contributed by atoms with Crippen molar-refractivity contribution >= 4 is 23.6 Å². The van der Waals surface area contributed by atoms with E-state index >= 15 is 0 Å². The van der Waals surface area contributed by atoms with Gasteiger partial charge in [-0.2, -0.15) is 5.10 Å². The van der Waals surface area contributed by atoms with Crippen molar-refractivity contribution in [2.45, 2.75) is 32.6 Å². The fraction of sp³-hybridized carbons (Fsp3) is 0.348. The van der Waals surface area contributed by atoms with Crippen LogP contribution >= 0.6 is 0 Å². The fourth-order valence-corrected chi connectivity index (χ4v) is 3.85. The summed E-state index contributed by atoms with van der Waals surface area (Å²) in [4.78, 5) is 28.0. The molecule has 0 unspecified atom stereocenters. The molecule has 4 heterocycles. The van der Waals surface area contributed by atoms with Gasteiger partial charge in [0.05, 0.1) is 18.1 Å². The van der Waals surface area contributed by atoms with Crippen LogP contribution in [0.3, 0.4) is 0 Å². The van der Waals surface area contributed by atoms with E-state index in [4.69, 9.17) is 0 Å². The summed E-state index contributed by atoms with van der Waals surface area (Å²) in [6.07, 6.45) is 10.9. The highest BCUT2D eigenvalue weighted by atomic mass is 16.2. The Kier molecular flexibility index (Phi) is 6.06. The van der Waals surface area contributed by atoms with Gasteiger partial charge in [0.25, 0.3) is 0 Å². The first kappa shape index (κ1) is 20.7. The SMILES string of the molecule is Cc1cc(C)nc(Nc2ccc([C@H]3CCCN(C(=O)/C=C/c4cnn(C)c4)C3)nc2)n1. The van der Waals surface area contributed by atoms with E-state index in [0.717, 1.165) is 47.7 Å². The molecule has 0 spiro atoms. The van der Waals surface area contributed by atoms with Crippen LogP contribution in [-0.2, 0) is 11.8 Å². The summed E-state index contributed by atoms with van der Waals surface area (Å²) in [7, 11) is 1.86. The van der Waals surface area contributed by atoms with E-state index in [1.165, 1.54) is 0 Å². The molecule has 0 saturated carbocycles. The van der Waals surface area contributed by atoms with E-state index in [0.29, 0.717) is 12.5 Å². The fourth-order valence-electron chi connectivity index (χ4n) is 3.85. The minimum Gasteiger partial charge on any atom is -0.338 e. The highest BCUT2D eigenvalue weighted by molar-refractivity contribution is 5.91. The van der Waals surface area contributed by atoms with Crippen LogP contribution in [0.5, 0.6) is 0 Å². The van der Waals surface area contributed by atoms with Crippen molar-refractivity contribution in [1.29, 1.82) is 0 Å². The van der Waals surface area contributed by atoms with E-state index in [9.17, 15) is 4.79 Å². The first-order valence-corrected chi connectivity index (χ1v) is 10.5. The first-order chi connectivity index (χ1) is 15.0. The molecule has 1 fully saturated rings. The van der Waals surface area contributed by atoms with Gasteiger partial charge in [-0.25, -0.2) is 9.97 Å². The lowest BCUT2D eigenvalue weighted by Crippen LogP contribution is -2.38. The molecule has 1 amide bonds. The van der Waals surface area contributed by atoms with Crippen molar-refractivity contribution in [3.63, 3.8) is 0 Å². The van der Waals surface area contributed by atoms with Crippen LogP contribution in [0.1, 0.15) is 41.4 Å². The number of nitrogens with one attached hydrogen (secondary N) is 1. The molecule has 1 aliphatic heterocycles. The van der Waals surface area contributed by atoms with Gasteiger partial charge in [0, 0.05) is 61.0 Å². The van der Waals surface area contributed by atoms with Crippen LogP contribution in [0.4, 0.5) is 11.6 Å². The van der Waals surface area contributed by atoms with E-state index in [-0.39, 0.29) is 11.8 Å². The lowest BCUT2D eigenvalue weighted by molar-refractivity contribution is -0.127. The maximum absolute atomic E-state index is 12.6. The Bertz CT molecular complexity index is 1070. The number of hydrogen-bond acceptors (Lipinski definition) is 6. The van der Waals surface area contributed by atoms with Gasteiger partial charge in [0.15, 0.2) is 0 Å². The standard InChI is InChI=1S/C23H27N7O/c1-16-11-17(2)27-23(26-16)28-20-7-8-21(24-13-20)19-5-4-10-30(15-19)22(31)9-6-18-12-25-29(3)14-18/h6-9,11-14,19H,4-5,10,15H2,1-3H3,(H,26,27,28)/b9-6+/t19-/m0/s1. The Hall–Kier alpha value is -3.55. The summed E-state index contributed by atoms with van der Waals surface area (Å²) in [5.74, 6) is 0.830. The molecule has 8 nitrogen and oxygen atoms in total. The average molecular weight is 418 g/mol. The maximum atomic E-state index is 12.6. The van der Waals surface area contributed by atoms with Gasteiger partial charge >= 0.3 is 0 Å². The number of pyridine rings is 1. The second-order valence-electron chi connectivity index (χ2n) is 7.98. The van der Waals surface area contributed by atoms with E-state index in [1.54, 1.807) is 23.2 Å². The van der Waals surface area contributed by atoms with Gasteiger partial charge in [-0.15, -0.1) is 0 Å². The summed E-state index contributed by atoms with van der Waals surface area (Å²) in [5.41, 5.74) is 4.60. The predicted octanol–water partition coefficient (Wildman–Crippen LogP) is 3.38. The molecule has 1 N–H and O–H groups in total. The number of piperidine rings is 1. The first-order valence-electron chi connectivity index (χ1n) is 10.5. The molecular weight excluding hydrogens is 390 g/mol. The summed E-state index contributed by atoms with van der Waals surface area (Å²) >= 11 is 0. The zero-order valence-electron chi connectivity index (χ0n) is 18.1. The molecule has 8 heteroatoms. The Labute approximate surface area is 182 Å². The number of amides is 1. The van der Waals surface area contributed by atoms with Crippen LogP contribution in [-0.4, -0.2) is 48.6 Å². The summed E-state index contributed by atoms with van der Waals surface area (Å²) in [6.45, 7) is 5.35. The molecule has 31 heavy (non-hydrogen) atoms. The number of nitrogens with zero attached hydrogens (tertiary/aromatic N) is 6. The van der Waals surface area contributed by atoms with Crippen molar-refractivity contribution in [2.24, 2.45) is 7.05 Å². The van der Waals surface area contributed by atoms with Crippen molar-refractivity contribution in [2.75, 3.05) is 18.4 Å². The predicted molar refractivity (Wildman–Crippen MR) is 120 cm³/mol. The quantitative estimate of drug-likeness (QED) is 0.640. The van der Waals surface area contributed by atoms with Crippen LogP contribution in [0, 0.1) is 13.8 Å². The summed E-state index contributed by atoms with van der Waals surface area (Å²) in [5, 5.41) is 7.33. The van der Waals surface area contributed by atoms with Gasteiger partial charge in [-0.3, -0.25) is 14.5 Å². The number of carbonyl (C=O) groups excluding carboxylic acids is 1. The molecule has 0 aromatic carbocycles. The molecule has 3 aromatic heterocycles. The topological polar surface area (TPSA) is 88.8 Å². The Morgan fingerprint density at radius 2 is 2.00 bits per heavy atom. The van der Waals surface area contributed by atoms with Crippen LogP contribution in [0.2, 0.25) is 0 Å². The summed E-state index contributed by atoms with van der Waals surface area (Å²) < 4.78 is 1.72. The number of aryl methyl sites for hydroxylation is 3. The number of rotatable bonds is 5. The van der Waals surface area contributed by atoms with E-state index in [1.807, 2.05) is 56.3 Å². The highest BCUT2D eigenvalue weighted by Gasteiger charge is 2.24. The van der Waals surface area contributed by atoms with Crippen LogP contribution in [0.25, 0.3) is 6.08 Å². The third-order valence-corrected chi connectivity index (χ3v) is 5.32. The lowest BCUT2D eigenvalue weighted by Gasteiger charge is -2.31. The minimum atomic E-state index is 0.0267. The molecule has 160 valence electrons. The van der Waals surface area contributed by atoms with Crippen molar-refractivity contribution < 1.29 is 4.79 Å². The number of carbonyl (C=O) groups is 1. The molecule has 0 aliphatic carbocycles. The van der Waals surface area contributed by atoms with Crippen molar-refractivity contribution in [3.8, 4) is 0 Å². The molecule has 0 radical (unpaired) electrons. The van der Waals surface area contributed by atoms with Gasteiger partial charge in [0.2, 0.25) is 11.9 Å². The van der Waals surface area contributed by atoms with E-state index < -0.39 is 0 Å². The number of anilines is 2. The zero-order chi connectivity index (χ0) is 21.8. The Morgan fingerprint density at radius 1 is 1.19 bits per heavy atom. The third-order valence-electron chi connectivity index (χ3n) is 5.32. The van der Waals surface area contributed by atoms with Crippen LogP contribution in [0.15, 0.2) is 42.9 Å². The minimum absolute atomic E-state index is 0.0267. The highest BCUT2D eigenvalue weighted by Crippen LogP contribution is 2.27. The number of hydrogen-bond donors (Lipinski definition) is 1. The Morgan fingerprint density at radius 3 is 2.68 bits per heavy atom. The van der Waals surface area contributed by atoms with E-state index in [2.05, 4.69) is 25.4 Å². The van der Waals surface area contributed by atoms with Gasteiger partial charge < -0.3 is 10.2 Å². The number of likely N-dealkylation sites (tertiary alicyclic amines) is 1. The molecule has 0 bridgehead atoms. The van der Waals surface area contributed by atoms with Crippen LogP contribution < -0.4 is 5.32 Å².